The Hall–Kier alpha value is -3.94. The zero-order chi connectivity index (χ0) is 23.4. The van der Waals surface area contributed by atoms with Crippen LogP contribution in [0.4, 0.5) is 0 Å². The average Bonchev–Trinajstić information content (AvgIpc) is 2.91. The molecule has 0 unspecified atom stereocenters. The van der Waals surface area contributed by atoms with E-state index in [2.05, 4.69) is 143 Å². The van der Waals surface area contributed by atoms with E-state index in [1.807, 2.05) is 0 Å². The molecule has 0 aliphatic carbocycles. The van der Waals surface area contributed by atoms with Gasteiger partial charge in [0, 0.05) is 4.47 Å². The van der Waals surface area contributed by atoms with Gasteiger partial charge >= 0.3 is 0 Å². The normalized spacial score (nSPS) is 11.6. The van der Waals surface area contributed by atoms with Gasteiger partial charge in [0.05, 0.1) is 0 Å². The van der Waals surface area contributed by atoms with Gasteiger partial charge in [-0.05, 0) is 83.5 Å². The van der Waals surface area contributed by atoms with Crippen molar-refractivity contribution in [2.24, 2.45) is 0 Å². The summed E-state index contributed by atoms with van der Waals surface area (Å²) in [5.74, 6) is 0. The number of halogens is 1. The first kappa shape index (κ1) is 20.4. The second-order valence-corrected chi connectivity index (χ2v) is 9.99. The van der Waals surface area contributed by atoms with Crippen LogP contribution in [0.1, 0.15) is 0 Å². The smallest absolute Gasteiger partial charge is 0.0181 e. The summed E-state index contributed by atoms with van der Waals surface area (Å²) in [6.45, 7) is 0. The zero-order valence-corrected chi connectivity index (χ0v) is 20.6. The Morgan fingerprint density at radius 2 is 0.943 bits per heavy atom. The first-order chi connectivity index (χ1) is 17.3. The number of rotatable bonds is 2. The molecule has 0 radical (unpaired) electrons. The number of hydrogen-bond donors (Lipinski definition) is 0. The minimum Gasteiger partial charge on any atom is -0.0616 e. The maximum Gasteiger partial charge on any atom is 0.0181 e. The Kier molecular flexibility index (Phi) is 4.72. The molecule has 0 aromatic heterocycles. The largest absolute Gasteiger partial charge is 0.0616 e. The number of fused-ring (bicyclic) bond motifs is 4. The summed E-state index contributed by atoms with van der Waals surface area (Å²) in [6.07, 6.45) is 0. The van der Waals surface area contributed by atoms with Gasteiger partial charge in [-0.1, -0.05) is 125 Å². The van der Waals surface area contributed by atoms with Gasteiger partial charge in [-0.3, -0.25) is 0 Å². The molecular weight excluding hydrogens is 488 g/mol. The lowest BCUT2D eigenvalue weighted by atomic mass is 9.84. The van der Waals surface area contributed by atoms with Crippen LogP contribution in [-0.2, 0) is 0 Å². The molecule has 7 aromatic carbocycles. The molecule has 0 saturated heterocycles. The second kappa shape index (κ2) is 8.08. The molecule has 0 fully saturated rings. The van der Waals surface area contributed by atoms with Crippen molar-refractivity contribution in [1.29, 1.82) is 0 Å². The summed E-state index contributed by atoms with van der Waals surface area (Å²) >= 11 is 3.65. The van der Waals surface area contributed by atoms with Crippen LogP contribution in [0.5, 0.6) is 0 Å². The van der Waals surface area contributed by atoms with Gasteiger partial charge in [0.1, 0.15) is 0 Å². The standard InChI is InChI=1S/C34H21Br/c35-26-19-18-22-16-17-24(20-25(22)21-26)33-29-11-3-5-13-31(29)34(32-14-6-4-12-30(32)33)28-15-7-9-23-8-1-2-10-27(23)28/h1-21H. The van der Waals surface area contributed by atoms with Crippen molar-refractivity contribution in [2.45, 2.75) is 0 Å². The highest BCUT2D eigenvalue weighted by Gasteiger charge is 2.17. The Balaban J connectivity index is 1.64. The van der Waals surface area contributed by atoms with E-state index in [-0.39, 0.29) is 0 Å². The quantitative estimate of drug-likeness (QED) is 0.203. The van der Waals surface area contributed by atoms with Crippen molar-refractivity contribution in [3.05, 3.63) is 132 Å². The molecule has 0 spiro atoms. The fourth-order valence-electron chi connectivity index (χ4n) is 5.55. The zero-order valence-electron chi connectivity index (χ0n) is 19.0. The molecule has 35 heavy (non-hydrogen) atoms. The van der Waals surface area contributed by atoms with Crippen molar-refractivity contribution in [2.75, 3.05) is 0 Å². The monoisotopic (exact) mass is 508 g/mol. The van der Waals surface area contributed by atoms with Crippen LogP contribution < -0.4 is 0 Å². The average molecular weight is 509 g/mol. The summed E-state index contributed by atoms with van der Waals surface area (Å²) in [7, 11) is 0. The molecule has 0 N–H and O–H groups in total. The van der Waals surface area contributed by atoms with Crippen LogP contribution in [0, 0.1) is 0 Å². The van der Waals surface area contributed by atoms with Crippen molar-refractivity contribution in [3.8, 4) is 22.3 Å². The van der Waals surface area contributed by atoms with E-state index in [4.69, 9.17) is 0 Å². The molecule has 164 valence electrons. The van der Waals surface area contributed by atoms with Gasteiger partial charge in [0.25, 0.3) is 0 Å². The van der Waals surface area contributed by atoms with Gasteiger partial charge in [0.15, 0.2) is 0 Å². The lowest BCUT2D eigenvalue weighted by Gasteiger charge is -2.19. The molecule has 7 aromatic rings. The van der Waals surface area contributed by atoms with E-state index in [0.717, 1.165) is 4.47 Å². The third kappa shape index (κ3) is 3.27. The minimum absolute atomic E-state index is 1.10. The van der Waals surface area contributed by atoms with E-state index in [9.17, 15) is 0 Å². The Morgan fingerprint density at radius 3 is 1.66 bits per heavy atom. The fraction of sp³-hybridized carbons (Fsp3) is 0. The Bertz CT molecular complexity index is 1850. The molecule has 1 heteroatoms. The van der Waals surface area contributed by atoms with E-state index in [1.165, 1.54) is 65.3 Å². The lowest BCUT2D eigenvalue weighted by molar-refractivity contribution is 1.67. The van der Waals surface area contributed by atoms with Gasteiger partial charge in [-0.15, -0.1) is 0 Å². The molecule has 0 bridgehead atoms. The van der Waals surface area contributed by atoms with E-state index < -0.39 is 0 Å². The van der Waals surface area contributed by atoms with Gasteiger partial charge in [0.2, 0.25) is 0 Å². The number of benzene rings is 7. The second-order valence-electron chi connectivity index (χ2n) is 9.07. The predicted molar refractivity (Wildman–Crippen MR) is 155 cm³/mol. The van der Waals surface area contributed by atoms with Crippen LogP contribution in [0.3, 0.4) is 0 Å². The molecule has 0 aliphatic heterocycles. The summed E-state index contributed by atoms with van der Waals surface area (Å²) in [5, 5.41) is 10.2. The van der Waals surface area contributed by atoms with E-state index >= 15 is 0 Å². The molecule has 0 atom stereocenters. The molecule has 0 amide bonds. The van der Waals surface area contributed by atoms with Gasteiger partial charge in [-0.25, -0.2) is 0 Å². The van der Waals surface area contributed by atoms with E-state index in [0.29, 0.717) is 0 Å². The Labute approximate surface area is 212 Å². The summed E-state index contributed by atoms with van der Waals surface area (Å²) in [6, 6.07) is 46.4. The van der Waals surface area contributed by atoms with Gasteiger partial charge < -0.3 is 0 Å². The highest BCUT2D eigenvalue weighted by Crippen LogP contribution is 2.45. The predicted octanol–water partition coefficient (Wildman–Crippen LogP) is 10.4. The van der Waals surface area contributed by atoms with Crippen LogP contribution in [0.25, 0.3) is 65.3 Å². The summed E-state index contributed by atoms with van der Waals surface area (Å²) in [4.78, 5) is 0. The lowest BCUT2D eigenvalue weighted by Crippen LogP contribution is -1.91. The molecular formula is C34H21Br. The highest BCUT2D eigenvalue weighted by atomic mass is 79.9. The van der Waals surface area contributed by atoms with Crippen molar-refractivity contribution in [1.82, 2.24) is 0 Å². The van der Waals surface area contributed by atoms with E-state index in [1.54, 1.807) is 0 Å². The Morgan fingerprint density at radius 1 is 0.371 bits per heavy atom. The highest BCUT2D eigenvalue weighted by molar-refractivity contribution is 9.10. The molecule has 0 nitrogen and oxygen atoms in total. The number of hydrogen-bond acceptors (Lipinski definition) is 0. The third-order valence-electron chi connectivity index (χ3n) is 7.08. The van der Waals surface area contributed by atoms with Crippen molar-refractivity contribution >= 4 is 59.0 Å². The maximum absolute atomic E-state index is 3.65. The fourth-order valence-corrected chi connectivity index (χ4v) is 5.92. The third-order valence-corrected chi connectivity index (χ3v) is 7.57. The molecule has 0 heterocycles. The van der Waals surface area contributed by atoms with Crippen LogP contribution >= 0.6 is 15.9 Å². The topological polar surface area (TPSA) is 0 Å². The van der Waals surface area contributed by atoms with Gasteiger partial charge in [-0.2, -0.15) is 0 Å². The molecule has 7 rings (SSSR count). The SMILES string of the molecule is Brc1ccc2ccc(-c3c4ccccc4c(-c4cccc5ccccc45)c4ccccc34)cc2c1. The van der Waals surface area contributed by atoms with Crippen molar-refractivity contribution in [3.63, 3.8) is 0 Å². The summed E-state index contributed by atoms with van der Waals surface area (Å²) < 4.78 is 1.10. The first-order valence-electron chi connectivity index (χ1n) is 11.9. The first-order valence-corrected chi connectivity index (χ1v) is 12.7. The molecule has 0 saturated carbocycles. The van der Waals surface area contributed by atoms with Crippen LogP contribution in [0.2, 0.25) is 0 Å². The maximum atomic E-state index is 3.65. The van der Waals surface area contributed by atoms with Crippen molar-refractivity contribution < 1.29 is 0 Å². The minimum atomic E-state index is 1.10. The van der Waals surface area contributed by atoms with Crippen LogP contribution in [0.15, 0.2) is 132 Å². The summed E-state index contributed by atoms with van der Waals surface area (Å²) in [5.41, 5.74) is 5.12. The molecule has 0 aliphatic rings. The van der Waals surface area contributed by atoms with Crippen LogP contribution in [-0.4, -0.2) is 0 Å².